The number of benzene rings is 3. The van der Waals surface area contributed by atoms with Gasteiger partial charge in [-0.25, -0.2) is 0 Å². The van der Waals surface area contributed by atoms with Gasteiger partial charge in [0.2, 0.25) is 0 Å². The Hall–Kier alpha value is -3.57. The summed E-state index contributed by atoms with van der Waals surface area (Å²) in [4.78, 5) is 27.4. The number of anilines is 1. The fourth-order valence-corrected chi connectivity index (χ4v) is 3.73. The second kappa shape index (κ2) is 7.69. The molecule has 1 heterocycles. The summed E-state index contributed by atoms with van der Waals surface area (Å²) in [7, 11) is 0. The SMILES string of the molecule is Cc1ccc(N2C(=O)C(=O)/C(=C(/O)c3ccccc3)[C@@H]2c2ccc(O)cc2)cc1Cl. The lowest BCUT2D eigenvalue weighted by atomic mass is 9.95. The highest BCUT2D eigenvalue weighted by molar-refractivity contribution is 6.51. The largest absolute Gasteiger partial charge is 0.508 e. The fourth-order valence-electron chi connectivity index (χ4n) is 3.55. The van der Waals surface area contributed by atoms with Crippen LogP contribution in [0.15, 0.2) is 78.4 Å². The van der Waals surface area contributed by atoms with Gasteiger partial charge in [0.05, 0.1) is 11.6 Å². The molecule has 0 spiro atoms. The molecule has 3 aromatic rings. The van der Waals surface area contributed by atoms with Crippen LogP contribution in [0.1, 0.15) is 22.7 Å². The molecular formula is C24H18ClNO4. The first kappa shape index (κ1) is 19.7. The van der Waals surface area contributed by atoms with E-state index in [9.17, 15) is 19.8 Å². The second-order valence-electron chi connectivity index (χ2n) is 7.06. The number of aryl methyl sites for hydroxylation is 1. The molecule has 150 valence electrons. The number of phenolic OH excluding ortho intramolecular Hbond substituents is 1. The number of hydrogen-bond donors (Lipinski definition) is 2. The number of ketones is 1. The summed E-state index contributed by atoms with van der Waals surface area (Å²) in [6.45, 7) is 1.84. The Kier molecular flexibility index (Phi) is 5.06. The van der Waals surface area contributed by atoms with E-state index in [0.29, 0.717) is 21.8 Å². The van der Waals surface area contributed by atoms with Crippen molar-refractivity contribution in [3.8, 4) is 5.75 Å². The highest BCUT2D eigenvalue weighted by atomic mass is 35.5. The number of halogens is 1. The van der Waals surface area contributed by atoms with Gasteiger partial charge in [-0.05, 0) is 42.3 Å². The number of nitrogens with zero attached hydrogens (tertiary/aromatic N) is 1. The topological polar surface area (TPSA) is 77.8 Å². The van der Waals surface area contributed by atoms with Crippen LogP contribution < -0.4 is 4.90 Å². The Labute approximate surface area is 178 Å². The van der Waals surface area contributed by atoms with Gasteiger partial charge in [0.15, 0.2) is 0 Å². The number of rotatable bonds is 3. The number of aromatic hydroxyl groups is 1. The van der Waals surface area contributed by atoms with Crippen LogP contribution in [0.4, 0.5) is 5.69 Å². The summed E-state index contributed by atoms with van der Waals surface area (Å²) in [5.41, 5.74) is 2.26. The molecule has 0 aromatic heterocycles. The molecule has 6 heteroatoms. The standard InChI is InChI=1S/C24H18ClNO4/c1-14-7-10-17(13-19(14)25)26-21(15-8-11-18(27)12-9-15)20(23(29)24(26)30)22(28)16-5-3-2-4-6-16/h2-13,21,27-28H,1H3/b22-20+/t21-/m0/s1. The number of aliphatic hydroxyl groups excluding tert-OH is 1. The summed E-state index contributed by atoms with van der Waals surface area (Å²) in [6.07, 6.45) is 0. The molecule has 1 fully saturated rings. The van der Waals surface area contributed by atoms with Crippen molar-refractivity contribution < 1.29 is 19.8 Å². The molecule has 1 atom stereocenters. The van der Waals surface area contributed by atoms with Crippen molar-refractivity contribution in [3.63, 3.8) is 0 Å². The van der Waals surface area contributed by atoms with Crippen molar-refractivity contribution in [2.75, 3.05) is 4.90 Å². The predicted octanol–water partition coefficient (Wildman–Crippen LogP) is 4.98. The normalized spacial score (nSPS) is 18.1. The minimum Gasteiger partial charge on any atom is -0.508 e. The van der Waals surface area contributed by atoms with E-state index in [4.69, 9.17) is 11.6 Å². The van der Waals surface area contributed by atoms with E-state index in [1.54, 1.807) is 60.7 Å². The maximum atomic E-state index is 13.0. The third kappa shape index (κ3) is 3.33. The molecule has 0 radical (unpaired) electrons. The number of carbonyl (C=O) groups excluding carboxylic acids is 2. The third-order valence-corrected chi connectivity index (χ3v) is 5.54. The van der Waals surface area contributed by atoms with Gasteiger partial charge in [-0.1, -0.05) is 60.1 Å². The van der Waals surface area contributed by atoms with E-state index in [1.165, 1.54) is 17.0 Å². The fraction of sp³-hybridized carbons (Fsp3) is 0.0833. The minimum absolute atomic E-state index is 0.0198. The van der Waals surface area contributed by atoms with Crippen molar-refractivity contribution in [1.29, 1.82) is 0 Å². The lowest BCUT2D eigenvalue weighted by molar-refractivity contribution is -0.132. The minimum atomic E-state index is -0.871. The zero-order chi connectivity index (χ0) is 21.4. The highest BCUT2D eigenvalue weighted by Crippen LogP contribution is 2.43. The van der Waals surface area contributed by atoms with Crippen LogP contribution in [0.25, 0.3) is 5.76 Å². The van der Waals surface area contributed by atoms with Gasteiger partial charge in [-0.2, -0.15) is 0 Å². The van der Waals surface area contributed by atoms with E-state index in [0.717, 1.165) is 5.56 Å². The second-order valence-corrected chi connectivity index (χ2v) is 7.47. The summed E-state index contributed by atoms with van der Waals surface area (Å²) >= 11 is 6.27. The third-order valence-electron chi connectivity index (χ3n) is 5.13. The summed E-state index contributed by atoms with van der Waals surface area (Å²) in [5.74, 6) is -1.75. The Morgan fingerprint density at radius 3 is 2.27 bits per heavy atom. The Morgan fingerprint density at radius 2 is 1.63 bits per heavy atom. The summed E-state index contributed by atoms with van der Waals surface area (Å²) in [5, 5.41) is 21.1. The van der Waals surface area contributed by atoms with Crippen molar-refractivity contribution in [2.24, 2.45) is 0 Å². The van der Waals surface area contributed by atoms with Crippen molar-refractivity contribution in [3.05, 3.63) is 100 Å². The Morgan fingerprint density at radius 1 is 0.967 bits per heavy atom. The number of aliphatic hydroxyl groups is 1. The van der Waals surface area contributed by atoms with Crippen LogP contribution in [-0.4, -0.2) is 21.9 Å². The number of amides is 1. The Balaban J connectivity index is 1.95. The quantitative estimate of drug-likeness (QED) is 0.356. The van der Waals surface area contributed by atoms with Gasteiger partial charge in [-0.15, -0.1) is 0 Å². The predicted molar refractivity (Wildman–Crippen MR) is 116 cm³/mol. The zero-order valence-corrected chi connectivity index (χ0v) is 16.8. The molecule has 3 aromatic carbocycles. The maximum Gasteiger partial charge on any atom is 0.300 e. The maximum absolute atomic E-state index is 13.0. The molecule has 1 aliphatic rings. The van der Waals surface area contributed by atoms with E-state index in [1.807, 2.05) is 6.92 Å². The molecule has 1 amide bonds. The summed E-state index contributed by atoms with van der Waals surface area (Å²) < 4.78 is 0. The number of hydrogen-bond acceptors (Lipinski definition) is 4. The lowest BCUT2D eigenvalue weighted by Crippen LogP contribution is -2.29. The average molecular weight is 420 g/mol. The van der Waals surface area contributed by atoms with Gasteiger partial charge in [-0.3, -0.25) is 14.5 Å². The lowest BCUT2D eigenvalue weighted by Gasteiger charge is -2.26. The van der Waals surface area contributed by atoms with Crippen molar-refractivity contribution in [2.45, 2.75) is 13.0 Å². The molecule has 2 N–H and O–H groups in total. The molecule has 1 saturated heterocycles. The van der Waals surface area contributed by atoms with Crippen LogP contribution in [0, 0.1) is 6.92 Å². The molecular weight excluding hydrogens is 402 g/mol. The first-order valence-electron chi connectivity index (χ1n) is 9.30. The van der Waals surface area contributed by atoms with Crippen LogP contribution in [0.2, 0.25) is 5.02 Å². The number of carbonyl (C=O) groups is 2. The first-order chi connectivity index (χ1) is 14.4. The average Bonchev–Trinajstić information content (AvgIpc) is 3.01. The Bertz CT molecular complexity index is 1170. The van der Waals surface area contributed by atoms with E-state index in [2.05, 4.69) is 0 Å². The van der Waals surface area contributed by atoms with Gasteiger partial charge < -0.3 is 10.2 Å². The smallest absolute Gasteiger partial charge is 0.300 e. The monoisotopic (exact) mass is 419 g/mol. The molecule has 30 heavy (non-hydrogen) atoms. The van der Waals surface area contributed by atoms with Crippen LogP contribution >= 0.6 is 11.6 Å². The van der Waals surface area contributed by atoms with E-state index in [-0.39, 0.29) is 17.1 Å². The van der Waals surface area contributed by atoms with Crippen molar-refractivity contribution >= 4 is 34.7 Å². The molecule has 0 unspecified atom stereocenters. The first-order valence-corrected chi connectivity index (χ1v) is 9.68. The number of Topliss-reactive ketones (excluding diaryl/α,β-unsaturated/α-hetero) is 1. The van der Waals surface area contributed by atoms with Gasteiger partial charge in [0, 0.05) is 16.3 Å². The molecule has 0 bridgehead atoms. The zero-order valence-electron chi connectivity index (χ0n) is 16.0. The molecule has 0 aliphatic carbocycles. The highest BCUT2D eigenvalue weighted by Gasteiger charge is 2.47. The van der Waals surface area contributed by atoms with Gasteiger partial charge in [0.25, 0.3) is 11.7 Å². The van der Waals surface area contributed by atoms with Gasteiger partial charge >= 0.3 is 0 Å². The van der Waals surface area contributed by atoms with Crippen LogP contribution in [-0.2, 0) is 9.59 Å². The van der Waals surface area contributed by atoms with Gasteiger partial charge in [0.1, 0.15) is 11.5 Å². The number of phenols is 1. The molecule has 1 aliphatic heterocycles. The molecule has 0 saturated carbocycles. The van der Waals surface area contributed by atoms with Crippen LogP contribution in [0.3, 0.4) is 0 Å². The van der Waals surface area contributed by atoms with Crippen LogP contribution in [0.5, 0.6) is 5.75 Å². The molecule has 4 rings (SSSR count). The molecule has 5 nitrogen and oxygen atoms in total. The van der Waals surface area contributed by atoms with Crippen molar-refractivity contribution in [1.82, 2.24) is 0 Å². The summed E-state index contributed by atoms with van der Waals surface area (Å²) in [6, 6.07) is 19.0. The van der Waals surface area contributed by atoms with E-state index < -0.39 is 17.7 Å². The van der Waals surface area contributed by atoms with E-state index >= 15 is 0 Å².